The Morgan fingerprint density at radius 3 is 2.56 bits per heavy atom. The van der Waals surface area contributed by atoms with Gasteiger partial charge in [0.1, 0.15) is 12.1 Å². The van der Waals surface area contributed by atoms with E-state index in [1.54, 1.807) is 7.11 Å². The lowest BCUT2D eigenvalue weighted by Crippen LogP contribution is -2.38. The fourth-order valence-corrected chi connectivity index (χ4v) is 2.31. The monoisotopic (exact) mass is 227 g/mol. The number of carbonyl (C=O) groups is 1. The molecule has 2 N–H and O–H groups in total. The molecule has 4 heteroatoms. The molecular weight excluding hydrogens is 206 g/mol. The summed E-state index contributed by atoms with van der Waals surface area (Å²) in [6, 6.07) is -0.400. The van der Waals surface area contributed by atoms with Gasteiger partial charge < -0.3 is 15.2 Å². The largest absolute Gasteiger partial charge is 0.461 e. The molecule has 0 spiro atoms. The van der Waals surface area contributed by atoms with E-state index in [1.807, 2.05) is 0 Å². The van der Waals surface area contributed by atoms with Gasteiger partial charge in [0.05, 0.1) is 6.10 Å². The standard InChI is InChI=1S/C12H21NO3/c1-15-9-3-2-4-10(7-9)16-12(14)11(13)8-5-6-8/h8-11H,2-7,13H2,1H3. The number of hydrogen-bond donors (Lipinski definition) is 1. The number of rotatable bonds is 4. The minimum Gasteiger partial charge on any atom is -0.461 e. The van der Waals surface area contributed by atoms with E-state index < -0.39 is 6.04 Å². The summed E-state index contributed by atoms with van der Waals surface area (Å²) < 4.78 is 10.7. The van der Waals surface area contributed by atoms with Crippen LogP contribution in [0, 0.1) is 5.92 Å². The predicted octanol–water partition coefficient (Wildman–Crippen LogP) is 1.22. The zero-order chi connectivity index (χ0) is 11.5. The number of carbonyl (C=O) groups excluding carboxylic acids is 1. The van der Waals surface area contributed by atoms with Gasteiger partial charge in [-0.05, 0) is 38.0 Å². The maximum Gasteiger partial charge on any atom is 0.323 e. The Morgan fingerprint density at radius 1 is 1.25 bits per heavy atom. The Balaban J connectivity index is 1.77. The van der Waals surface area contributed by atoms with Crippen LogP contribution in [0.4, 0.5) is 0 Å². The number of esters is 1. The molecule has 2 saturated carbocycles. The molecule has 0 saturated heterocycles. The fraction of sp³-hybridized carbons (Fsp3) is 0.917. The molecule has 0 aromatic heterocycles. The van der Waals surface area contributed by atoms with Crippen molar-refractivity contribution in [3.05, 3.63) is 0 Å². The fourth-order valence-electron chi connectivity index (χ4n) is 2.31. The molecule has 0 radical (unpaired) electrons. The highest BCUT2D eigenvalue weighted by atomic mass is 16.5. The molecule has 2 aliphatic carbocycles. The molecule has 92 valence electrons. The number of methoxy groups -OCH3 is 1. The average molecular weight is 227 g/mol. The lowest BCUT2D eigenvalue weighted by atomic mass is 9.95. The van der Waals surface area contributed by atoms with Crippen LogP contribution in [-0.2, 0) is 14.3 Å². The molecule has 2 fully saturated rings. The third kappa shape index (κ3) is 2.95. The lowest BCUT2D eigenvalue weighted by Gasteiger charge is -2.28. The second kappa shape index (κ2) is 5.15. The van der Waals surface area contributed by atoms with Gasteiger partial charge >= 0.3 is 5.97 Å². The summed E-state index contributed by atoms with van der Waals surface area (Å²) in [6.45, 7) is 0. The predicted molar refractivity (Wildman–Crippen MR) is 59.8 cm³/mol. The van der Waals surface area contributed by atoms with Gasteiger partial charge in [-0.25, -0.2) is 0 Å². The molecule has 3 atom stereocenters. The van der Waals surface area contributed by atoms with Gasteiger partial charge in [-0.1, -0.05) is 0 Å². The van der Waals surface area contributed by atoms with Crippen molar-refractivity contribution in [2.45, 2.75) is 56.8 Å². The molecule has 3 unspecified atom stereocenters. The topological polar surface area (TPSA) is 61.5 Å². The maximum atomic E-state index is 11.7. The molecule has 0 amide bonds. The second-order valence-electron chi connectivity index (χ2n) is 4.95. The first-order valence-corrected chi connectivity index (χ1v) is 6.19. The molecule has 2 rings (SSSR count). The average Bonchev–Trinajstić information content (AvgIpc) is 3.12. The number of ether oxygens (including phenoxy) is 2. The zero-order valence-corrected chi connectivity index (χ0v) is 9.85. The Morgan fingerprint density at radius 2 is 1.94 bits per heavy atom. The highest BCUT2D eigenvalue weighted by Crippen LogP contribution is 2.32. The quantitative estimate of drug-likeness (QED) is 0.734. The molecule has 16 heavy (non-hydrogen) atoms. The normalized spacial score (nSPS) is 32.1. The van der Waals surface area contributed by atoms with Gasteiger partial charge in [0.25, 0.3) is 0 Å². The summed E-state index contributed by atoms with van der Waals surface area (Å²) >= 11 is 0. The van der Waals surface area contributed by atoms with Crippen molar-refractivity contribution < 1.29 is 14.3 Å². The van der Waals surface area contributed by atoms with E-state index in [2.05, 4.69) is 0 Å². The second-order valence-corrected chi connectivity index (χ2v) is 4.95. The van der Waals surface area contributed by atoms with E-state index >= 15 is 0 Å². The number of hydrogen-bond acceptors (Lipinski definition) is 4. The smallest absolute Gasteiger partial charge is 0.323 e. The van der Waals surface area contributed by atoms with Crippen LogP contribution < -0.4 is 5.73 Å². The third-order valence-electron chi connectivity index (χ3n) is 3.60. The van der Waals surface area contributed by atoms with Crippen molar-refractivity contribution in [3.63, 3.8) is 0 Å². The van der Waals surface area contributed by atoms with Crippen molar-refractivity contribution in [1.29, 1.82) is 0 Å². The summed E-state index contributed by atoms with van der Waals surface area (Å²) in [5.41, 5.74) is 5.80. The highest BCUT2D eigenvalue weighted by Gasteiger charge is 2.36. The zero-order valence-electron chi connectivity index (χ0n) is 9.85. The van der Waals surface area contributed by atoms with Gasteiger partial charge in [0, 0.05) is 13.5 Å². The van der Waals surface area contributed by atoms with Gasteiger partial charge in [0.15, 0.2) is 0 Å². The Labute approximate surface area is 96.5 Å². The molecule has 2 aliphatic rings. The van der Waals surface area contributed by atoms with E-state index in [4.69, 9.17) is 15.2 Å². The van der Waals surface area contributed by atoms with Crippen LogP contribution in [0.5, 0.6) is 0 Å². The van der Waals surface area contributed by atoms with Crippen molar-refractivity contribution in [2.75, 3.05) is 7.11 Å². The van der Waals surface area contributed by atoms with Crippen molar-refractivity contribution >= 4 is 5.97 Å². The van der Waals surface area contributed by atoms with E-state index in [-0.39, 0.29) is 18.2 Å². The van der Waals surface area contributed by atoms with Crippen LogP contribution in [0.3, 0.4) is 0 Å². The van der Waals surface area contributed by atoms with E-state index in [0.717, 1.165) is 38.5 Å². The van der Waals surface area contributed by atoms with Gasteiger partial charge in [0.2, 0.25) is 0 Å². The molecule has 0 heterocycles. The minimum absolute atomic E-state index is 0.0102. The summed E-state index contributed by atoms with van der Waals surface area (Å²) in [7, 11) is 1.71. The maximum absolute atomic E-state index is 11.7. The number of nitrogens with two attached hydrogens (primary N) is 1. The summed E-state index contributed by atoms with van der Waals surface area (Å²) in [4.78, 5) is 11.7. The summed E-state index contributed by atoms with van der Waals surface area (Å²) in [5.74, 6) is 0.151. The highest BCUT2D eigenvalue weighted by molar-refractivity contribution is 5.76. The van der Waals surface area contributed by atoms with Gasteiger partial charge in [-0.15, -0.1) is 0 Å². The molecular formula is C12H21NO3. The first-order valence-electron chi connectivity index (χ1n) is 6.19. The molecule has 0 bridgehead atoms. The lowest BCUT2D eigenvalue weighted by molar-refractivity contribution is -0.154. The first kappa shape index (κ1) is 11.9. The minimum atomic E-state index is -0.400. The first-order chi connectivity index (χ1) is 7.70. The summed E-state index contributed by atoms with van der Waals surface area (Å²) in [5, 5.41) is 0. The Bertz CT molecular complexity index is 253. The molecule has 4 nitrogen and oxygen atoms in total. The Hall–Kier alpha value is -0.610. The van der Waals surface area contributed by atoms with E-state index in [0.29, 0.717) is 5.92 Å². The SMILES string of the molecule is COC1CCCC(OC(=O)C(N)C2CC2)C1. The Kier molecular flexibility index (Phi) is 3.82. The molecule has 0 aromatic carbocycles. The molecule has 0 aromatic rings. The van der Waals surface area contributed by atoms with Crippen LogP contribution in [0.15, 0.2) is 0 Å². The van der Waals surface area contributed by atoms with E-state index in [1.165, 1.54) is 0 Å². The molecule has 0 aliphatic heterocycles. The van der Waals surface area contributed by atoms with Gasteiger partial charge in [-0.3, -0.25) is 4.79 Å². The van der Waals surface area contributed by atoms with Crippen LogP contribution in [0.2, 0.25) is 0 Å². The summed E-state index contributed by atoms with van der Waals surface area (Å²) in [6.07, 6.45) is 6.29. The van der Waals surface area contributed by atoms with Crippen molar-refractivity contribution in [2.24, 2.45) is 11.7 Å². The van der Waals surface area contributed by atoms with Crippen LogP contribution in [-0.4, -0.2) is 31.3 Å². The van der Waals surface area contributed by atoms with Crippen molar-refractivity contribution in [3.8, 4) is 0 Å². The van der Waals surface area contributed by atoms with Crippen LogP contribution >= 0.6 is 0 Å². The van der Waals surface area contributed by atoms with E-state index in [9.17, 15) is 4.79 Å². The van der Waals surface area contributed by atoms with Crippen molar-refractivity contribution in [1.82, 2.24) is 0 Å². The van der Waals surface area contributed by atoms with Crippen LogP contribution in [0.1, 0.15) is 38.5 Å². The van der Waals surface area contributed by atoms with Gasteiger partial charge in [-0.2, -0.15) is 0 Å². The van der Waals surface area contributed by atoms with Crippen LogP contribution in [0.25, 0.3) is 0 Å². The third-order valence-corrected chi connectivity index (χ3v) is 3.60.